The van der Waals surface area contributed by atoms with E-state index < -0.39 is 0 Å². The van der Waals surface area contributed by atoms with Crippen LogP contribution in [0.15, 0.2) is 11.6 Å². The van der Waals surface area contributed by atoms with Gasteiger partial charge in [-0.1, -0.05) is 33.3 Å². The Labute approximate surface area is 168 Å². The van der Waals surface area contributed by atoms with Crippen molar-refractivity contribution in [3.8, 4) is 0 Å². The Bertz CT molecular complexity index is 735. The molecule has 0 bridgehead atoms. The van der Waals surface area contributed by atoms with Crippen LogP contribution < -0.4 is 0 Å². The van der Waals surface area contributed by atoms with Gasteiger partial charge in [-0.3, -0.25) is 14.4 Å². The molecule has 6 atom stereocenters. The number of hydrogen-bond acceptors (Lipinski definition) is 4. The second-order valence-electron chi connectivity index (χ2n) is 10.6. The smallest absolute Gasteiger partial charge is 0.309 e. The van der Waals surface area contributed by atoms with Crippen molar-refractivity contribution >= 4 is 17.5 Å². The predicted octanol–water partition coefficient (Wildman–Crippen LogP) is 4.51. The molecule has 4 aliphatic carbocycles. The molecule has 3 fully saturated rings. The first-order chi connectivity index (χ1) is 13.2. The summed E-state index contributed by atoms with van der Waals surface area (Å²) in [5.74, 6) is 1.18. The van der Waals surface area contributed by atoms with Crippen molar-refractivity contribution in [3.63, 3.8) is 0 Å². The fraction of sp³-hybridized carbons (Fsp3) is 0.792. The zero-order valence-electron chi connectivity index (χ0n) is 17.8. The van der Waals surface area contributed by atoms with E-state index in [1.54, 1.807) is 0 Å². The van der Waals surface area contributed by atoms with Crippen LogP contribution in [0, 0.1) is 40.4 Å². The number of ether oxygens (including phenoxy) is 1. The third kappa shape index (κ3) is 2.90. The molecule has 0 heterocycles. The number of hydrogen-bond donors (Lipinski definition) is 0. The molecule has 4 heteroatoms. The van der Waals surface area contributed by atoms with E-state index in [-0.39, 0.29) is 40.3 Å². The zero-order chi connectivity index (χ0) is 20.3. The summed E-state index contributed by atoms with van der Waals surface area (Å²) in [4.78, 5) is 38.2. The topological polar surface area (TPSA) is 60.4 Å². The van der Waals surface area contributed by atoms with E-state index in [0.29, 0.717) is 37.1 Å². The number of rotatable bonds is 3. The molecule has 0 aromatic rings. The summed E-state index contributed by atoms with van der Waals surface area (Å²) in [5, 5.41) is 0. The molecule has 0 radical (unpaired) electrons. The van der Waals surface area contributed by atoms with Crippen molar-refractivity contribution in [1.82, 2.24) is 0 Å². The van der Waals surface area contributed by atoms with Gasteiger partial charge in [-0.05, 0) is 67.8 Å². The maximum Gasteiger partial charge on any atom is 0.309 e. The van der Waals surface area contributed by atoms with Crippen LogP contribution >= 0.6 is 0 Å². The molecule has 0 aromatic carbocycles. The molecule has 4 rings (SSSR count). The molecular weight excluding hydrogens is 352 g/mol. The van der Waals surface area contributed by atoms with Crippen molar-refractivity contribution in [2.24, 2.45) is 40.4 Å². The summed E-state index contributed by atoms with van der Waals surface area (Å²) in [6.45, 7) is 8.94. The minimum Gasteiger partial charge on any atom is -0.465 e. The lowest BCUT2D eigenvalue weighted by atomic mass is 9.47. The Morgan fingerprint density at radius 1 is 1.11 bits per heavy atom. The van der Waals surface area contributed by atoms with Crippen molar-refractivity contribution in [2.45, 2.75) is 72.6 Å². The van der Waals surface area contributed by atoms with Crippen LogP contribution in [0.1, 0.15) is 72.6 Å². The van der Waals surface area contributed by atoms with Gasteiger partial charge in [0.25, 0.3) is 0 Å². The Balaban J connectivity index is 1.57. The van der Waals surface area contributed by atoms with Gasteiger partial charge in [0.05, 0.1) is 12.5 Å². The fourth-order valence-electron chi connectivity index (χ4n) is 6.74. The highest BCUT2D eigenvalue weighted by atomic mass is 16.5. The molecule has 0 amide bonds. The molecule has 28 heavy (non-hydrogen) atoms. The summed E-state index contributed by atoms with van der Waals surface area (Å²) < 4.78 is 5.48. The molecule has 0 unspecified atom stereocenters. The number of allylic oxidation sites excluding steroid dienone is 2. The number of carbonyl (C=O) groups excluding carboxylic acids is 3. The first-order valence-electron chi connectivity index (χ1n) is 11.1. The first kappa shape index (κ1) is 19.8. The van der Waals surface area contributed by atoms with Gasteiger partial charge in [0.15, 0.2) is 5.78 Å². The van der Waals surface area contributed by atoms with Crippen LogP contribution in [0.25, 0.3) is 0 Å². The summed E-state index contributed by atoms with van der Waals surface area (Å²) in [5.41, 5.74) is 0.848. The van der Waals surface area contributed by atoms with Gasteiger partial charge < -0.3 is 4.74 Å². The summed E-state index contributed by atoms with van der Waals surface area (Å²) in [6, 6.07) is 0. The fourth-order valence-corrected chi connectivity index (χ4v) is 6.74. The highest BCUT2D eigenvalue weighted by Gasteiger charge is 2.61. The molecule has 0 N–H and O–H groups in total. The molecule has 0 aromatic heterocycles. The molecule has 0 aliphatic heterocycles. The van der Waals surface area contributed by atoms with Gasteiger partial charge in [0.1, 0.15) is 5.78 Å². The van der Waals surface area contributed by atoms with Gasteiger partial charge in [-0.15, -0.1) is 0 Å². The second kappa shape index (κ2) is 6.81. The molecule has 154 valence electrons. The monoisotopic (exact) mass is 386 g/mol. The van der Waals surface area contributed by atoms with E-state index in [0.717, 1.165) is 37.7 Å². The predicted molar refractivity (Wildman–Crippen MR) is 106 cm³/mol. The summed E-state index contributed by atoms with van der Waals surface area (Å²) >= 11 is 0. The number of esters is 1. The number of ketones is 2. The molecule has 4 nitrogen and oxygen atoms in total. The third-order valence-corrected chi connectivity index (χ3v) is 8.55. The van der Waals surface area contributed by atoms with Crippen molar-refractivity contribution in [1.29, 1.82) is 0 Å². The van der Waals surface area contributed by atoms with Crippen LogP contribution in [-0.2, 0) is 19.1 Å². The maximum absolute atomic E-state index is 13.2. The average Bonchev–Trinajstić information content (AvgIpc) is 2.95. The van der Waals surface area contributed by atoms with Crippen LogP contribution in [0.2, 0.25) is 0 Å². The quantitative estimate of drug-likeness (QED) is 0.670. The minimum atomic E-state index is -0.295. The van der Waals surface area contributed by atoms with E-state index in [1.807, 2.05) is 19.9 Å². The van der Waals surface area contributed by atoms with Crippen LogP contribution in [0.5, 0.6) is 0 Å². The van der Waals surface area contributed by atoms with Gasteiger partial charge in [-0.2, -0.15) is 0 Å². The minimum absolute atomic E-state index is 0.0107. The molecule has 0 spiro atoms. The second-order valence-corrected chi connectivity index (χ2v) is 10.6. The zero-order valence-corrected chi connectivity index (χ0v) is 17.8. The van der Waals surface area contributed by atoms with Gasteiger partial charge in [-0.25, -0.2) is 0 Å². The molecular formula is C24H34O4. The van der Waals surface area contributed by atoms with Gasteiger partial charge in [0.2, 0.25) is 0 Å². The highest BCUT2D eigenvalue weighted by molar-refractivity contribution is 5.97. The number of carbonyl (C=O) groups is 3. The first-order valence-corrected chi connectivity index (χ1v) is 11.1. The number of fused-ring (bicyclic) bond motifs is 5. The third-order valence-electron chi connectivity index (χ3n) is 8.55. The molecule has 4 aliphatic rings. The van der Waals surface area contributed by atoms with Crippen LogP contribution in [0.4, 0.5) is 0 Å². The van der Waals surface area contributed by atoms with Crippen LogP contribution in [-0.4, -0.2) is 24.1 Å². The Hall–Kier alpha value is -1.45. The lowest BCUT2D eigenvalue weighted by Crippen LogP contribution is -2.53. The van der Waals surface area contributed by atoms with Gasteiger partial charge in [0, 0.05) is 17.8 Å². The van der Waals surface area contributed by atoms with Gasteiger partial charge >= 0.3 is 5.97 Å². The summed E-state index contributed by atoms with van der Waals surface area (Å²) in [7, 11) is 0. The SMILES string of the molecule is CC(C)COC(=O)[C@H]1CC[C@@]2(C)C(=CC(=O)[C@@H]3[C@@H]2CC[C@]2(C)C(=O)CC[C@@H]32)C1. The Kier molecular flexibility index (Phi) is 4.83. The van der Waals surface area contributed by atoms with E-state index in [4.69, 9.17) is 4.74 Å². The van der Waals surface area contributed by atoms with E-state index in [2.05, 4.69) is 13.8 Å². The van der Waals surface area contributed by atoms with E-state index >= 15 is 0 Å². The van der Waals surface area contributed by atoms with Crippen molar-refractivity contribution in [2.75, 3.05) is 6.61 Å². The largest absolute Gasteiger partial charge is 0.465 e. The Morgan fingerprint density at radius 2 is 1.79 bits per heavy atom. The normalized spacial score (nSPS) is 42.5. The lowest BCUT2D eigenvalue weighted by molar-refractivity contribution is -0.152. The molecule has 0 saturated heterocycles. The van der Waals surface area contributed by atoms with E-state index in [1.165, 1.54) is 0 Å². The van der Waals surface area contributed by atoms with Crippen molar-refractivity contribution in [3.05, 3.63) is 11.6 Å². The van der Waals surface area contributed by atoms with E-state index in [9.17, 15) is 14.4 Å². The standard InChI is InChI=1S/C24H34O4/c1-14(2)13-28-22(27)15-7-9-23(3)16(11-15)12-19(25)21-17-5-6-20(26)24(17,4)10-8-18(21)23/h12,14-15,17-18,21H,5-11,13H2,1-4H3/t15-,17-,18-,21-,23-,24-/m0/s1. The van der Waals surface area contributed by atoms with Crippen LogP contribution in [0.3, 0.4) is 0 Å². The van der Waals surface area contributed by atoms with Crippen molar-refractivity contribution < 1.29 is 19.1 Å². The number of Topliss-reactive ketones (excluding diaryl/α,β-unsaturated/α-hetero) is 1. The maximum atomic E-state index is 13.2. The molecule has 3 saturated carbocycles. The highest BCUT2D eigenvalue weighted by Crippen LogP contribution is 2.63. The Morgan fingerprint density at radius 3 is 2.50 bits per heavy atom. The average molecular weight is 387 g/mol. The lowest BCUT2D eigenvalue weighted by Gasteiger charge is -2.55. The summed E-state index contributed by atoms with van der Waals surface area (Å²) in [6.07, 6.45) is 7.65.